The van der Waals surface area contributed by atoms with Gasteiger partial charge in [-0.05, 0) is 43.4 Å². The van der Waals surface area contributed by atoms with Gasteiger partial charge in [-0.3, -0.25) is 19.6 Å². The van der Waals surface area contributed by atoms with Crippen LogP contribution in [0.3, 0.4) is 0 Å². The number of aryl methyl sites for hydroxylation is 1. The maximum absolute atomic E-state index is 11.9. The predicted octanol–water partition coefficient (Wildman–Crippen LogP) is 2.54. The SMILES string of the molecule is CNC(=O)CCCc1ccc(NC(=O)CCCCCCC(=O)NO)cc1. The number of hydroxylamine groups is 1. The molecule has 0 unspecified atom stereocenters. The number of anilines is 1. The fraction of sp³-hybridized carbons (Fsp3) is 0.526. The standard InChI is InChI=1S/C19H29N3O4/c1-20-17(23)10-6-7-15-11-13-16(14-12-15)21-18(24)8-4-2-3-5-9-19(25)22-26/h11-14,26H,2-10H2,1H3,(H,20,23)(H,21,24)(H,22,25). The Morgan fingerprint density at radius 3 is 1.96 bits per heavy atom. The van der Waals surface area contributed by atoms with Crippen LogP contribution in [0.2, 0.25) is 0 Å². The molecule has 0 saturated carbocycles. The monoisotopic (exact) mass is 363 g/mol. The van der Waals surface area contributed by atoms with E-state index in [1.54, 1.807) is 12.5 Å². The Kier molecular flexibility index (Phi) is 10.7. The molecule has 0 aromatic heterocycles. The summed E-state index contributed by atoms with van der Waals surface area (Å²) in [5.41, 5.74) is 3.51. The number of hydrogen-bond donors (Lipinski definition) is 4. The summed E-state index contributed by atoms with van der Waals surface area (Å²) in [7, 11) is 1.63. The van der Waals surface area contributed by atoms with E-state index < -0.39 is 0 Å². The first-order valence-corrected chi connectivity index (χ1v) is 9.07. The van der Waals surface area contributed by atoms with Crippen molar-refractivity contribution < 1.29 is 19.6 Å². The smallest absolute Gasteiger partial charge is 0.243 e. The molecule has 7 heteroatoms. The van der Waals surface area contributed by atoms with E-state index in [4.69, 9.17) is 5.21 Å². The highest BCUT2D eigenvalue weighted by atomic mass is 16.5. The second-order valence-corrected chi connectivity index (χ2v) is 6.22. The van der Waals surface area contributed by atoms with Gasteiger partial charge in [-0.15, -0.1) is 0 Å². The molecule has 1 aromatic carbocycles. The summed E-state index contributed by atoms with van der Waals surface area (Å²) in [6.45, 7) is 0. The maximum atomic E-state index is 11.9. The lowest BCUT2D eigenvalue weighted by molar-refractivity contribution is -0.129. The summed E-state index contributed by atoms with van der Waals surface area (Å²) in [5, 5.41) is 13.8. The van der Waals surface area contributed by atoms with Crippen LogP contribution in [0.15, 0.2) is 24.3 Å². The fourth-order valence-corrected chi connectivity index (χ4v) is 2.54. The van der Waals surface area contributed by atoms with Gasteiger partial charge in [-0.1, -0.05) is 25.0 Å². The van der Waals surface area contributed by atoms with Crippen molar-refractivity contribution in [1.29, 1.82) is 0 Å². The molecule has 0 bridgehead atoms. The summed E-state index contributed by atoms with van der Waals surface area (Å²) < 4.78 is 0. The predicted molar refractivity (Wildman–Crippen MR) is 99.7 cm³/mol. The molecule has 1 aromatic rings. The largest absolute Gasteiger partial charge is 0.359 e. The number of carbonyl (C=O) groups excluding carboxylic acids is 3. The Hall–Kier alpha value is -2.41. The van der Waals surface area contributed by atoms with Gasteiger partial charge in [0, 0.05) is 32.0 Å². The topological polar surface area (TPSA) is 108 Å². The zero-order valence-corrected chi connectivity index (χ0v) is 15.3. The molecule has 7 nitrogen and oxygen atoms in total. The van der Waals surface area contributed by atoms with Gasteiger partial charge in [0.1, 0.15) is 0 Å². The third-order valence-corrected chi connectivity index (χ3v) is 4.07. The van der Waals surface area contributed by atoms with Gasteiger partial charge in [0.2, 0.25) is 17.7 Å². The molecular weight excluding hydrogens is 334 g/mol. The summed E-state index contributed by atoms with van der Waals surface area (Å²) >= 11 is 0. The van der Waals surface area contributed by atoms with E-state index in [0.717, 1.165) is 43.4 Å². The first-order chi connectivity index (χ1) is 12.5. The van der Waals surface area contributed by atoms with Crippen LogP contribution in [-0.4, -0.2) is 30.0 Å². The lowest BCUT2D eigenvalue weighted by Crippen LogP contribution is -2.17. The first-order valence-electron chi connectivity index (χ1n) is 9.07. The van der Waals surface area contributed by atoms with Gasteiger partial charge in [-0.25, -0.2) is 5.48 Å². The van der Waals surface area contributed by atoms with E-state index in [1.807, 2.05) is 24.3 Å². The van der Waals surface area contributed by atoms with Crippen molar-refractivity contribution in [1.82, 2.24) is 10.8 Å². The number of amides is 3. The van der Waals surface area contributed by atoms with Crippen LogP contribution in [0.5, 0.6) is 0 Å². The minimum Gasteiger partial charge on any atom is -0.359 e. The van der Waals surface area contributed by atoms with Crippen molar-refractivity contribution in [2.24, 2.45) is 0 Å². The highest BCUT2D eigenvalue weighted by Crippen LogP contribution is 2.13. The van der Waals surface area contributed by atoms with E-state index in [0.29, 0.717) is 25.7 Å². The normalized spacial score (nSPS) is 10.2. The van der Waals surface area contributed by atoms with Crippen molar-refractivity contribution in [3.63, 3.8) is 0 Å². The van der Waals surface area contributed by atoms with E-state index >= 15 is 0 Å². The molecule has 0 heterocycles. The van der Waals surface area contributed by atoms with Crippen LogP contribution in [0.25, 0.3) is 0 Å². The molecule has 1 rings (SSSR count). The van der Waals surface area contributed by atoms with E-state index in [9.17, 15) is 14.4 Å². The molecule has 26 heavy (non-hydrogen) atoms. The molecule has 144 valence electrons. The lowest BCUT2D eigenvalue weighted by Gasteiger charge is -2.07. The molecule has 0 atom stereocenters. The van der Waals surface area contributed by atoms with E-state index in [-0.39, 0.29) is 17.7 Å². The zero-order valence-electron chi connectivity index (χ0n) is 15.3. The second kappa shape index (κ2) is 12.9. The average molecular weight is 363 g/mol. The summed E-state index contributed by atoms with van der Waals surface area (Å²) in [4.78, 5) is 33.9. The number of hydrogen-bond acceptors (Lipinski definition) is 4. The Balaban J connectivity index is 2.18. The highest BCUT2D eigenvalue weighted by Gasteiger charge is 2.04. The van der Waals surface area contributed by atoms with E-state index in [1.165, 1.54) is 0 Å². The number of nitrogens with one attached hydrogen (secondary N) is 3. The van der Waals surface area contributed by atoms with E-state index in [2.05, 4.69) is 10.6 Å². The minimum absolute atomic E-state index is 0.0227. The molecule has 0 aliphatic rings. The number of benzene rings is 1. The molecule has 0 spiro atoms. The Morgan fingerprint density at radius 2 is 1.38 bits per heavy atom. The zero-order chi connectivity index (χ0) is 19.2. The molecule has 4 N–H and O–H groups in total. The van der Waals surface area contributed by atoms with Crippen LogP contribution in [-0.2, 0) is 20.8 Å². The molecule has 0 fully saturated rings. The Labute approximate surface area is 154 Å². The van der Waals surface area contributed by atoms with Gasteiger partial charge < -0.3 is 10.6 Å². The fourth-order valence-electron chi connectivity index (χ4n) is 2.54. The summed E-state index contributed by atoms with van der Waals surface area (Å²) in [6.07, 6.45) is 6.08. The third-order valence-electron chi connectivity index (χ3n) is 4.07. The Morgan fingerprint density at radius 1 is 0.808 bits per heavy atom. The number of rotatable bonds is 12. The van der Waals surface area contributed by atoms with Gasteiger partial charge in [-0.2, -0.15) is 0 Å². The number of unbranched alkanes of at least 4 members (excludes halogenated alkanes) is 3. The quantitative estimate of drug-likeness (QED) is 0.260. The van der Waals surface area contributed by atoms with Crippen molar-refractivity contribution >= 4 is 23.4 Å². The molecule has 0 aliphatic carbocycles. The van der Waals surface area contributed by atoms with Crippen LogP contribution in [0.4, 0.5) is 5.69 Å². The van der Waals surface area contributed by atoms with Gasteiger partial charge >= 0.3 is 0 Å². The highest BCUT2D eigenvalue weighted by molar-refractivity contribution is 5.90. The van der Waals surface area contributed by atoms with Crippen LogP contribution in [0, 0.1) is 0 Å². The van der Waals surface area contributed by atoms with Crippen LogP contribution >= 0.6 is 0 Å². The van der Waals surface area contributed by atoms with Crippen molar-refractivity contribution in [3.05, 3.63) is 29.8 Å². The van der Waals surface area contributed by atoms with Gasteiger partial charge in [0.25, 0.3) is 0 Å². The van der Waals surface area contributed by atoms with Crippen LogP contribution < -0.4 is 16.1 Å². The van der Waals surface area contributed by atoms with Gasteiger partial charge in [0.15, 0.2) is 0 Å². The molecule has 0 aliphatic heterocycles. The summed E-state index contributed by atoms with van der Waals surface area (Å²) in [5.74, 6) is -0.351. The van der Waals surface area contributed by atoms with Crippen LogP contribution in [0.1, 0.15) is 56.9 Å². The lowest BCUT2D eigenvalue weighted by atomic mass is 10.1. The minimum atomic E-state index is -0.375. The van der Waals surface area contributed by atoms with Crippen molar-refractivity contribution in [2.45, 2.75) is 57.8 Å². The van der Waals surface area contributed by atoms with Crippen molar-refractivity contribution in [2.75, 3.05) is 12.4 Å². The Bertz CT molecular complexity index is 573. The maximum Gasteiger partial charge on any atom is 0.243 e. The summed E-state index contributed by atoms with van der Waals surface area (Å²) in [6, 6.07) is 7.68. The molecular formula is C19H29N3O4. The second-order valence-electron chi connectivity index (χ2n) is 6.22. The first kappa shape index (κ1) is 21.6. The third kappa shape index (κ3) is 9.78. The molecule has 0 saturated heterocycles. The average Bonchev–Trinajstić information content (AvgIpc) is 2.65. The van der Waals surface area contributed by atoms with Gasteiger partial charge in [0.05, 0.1) is 0 Å². The molecule has 3 amide bonds. The number of carbonyl (C=O) groups is 3. The van der Waals surface area contributed by atoms with Crippen molar-refractivity contribution in [3.8, 4) is 0 Å². The molecule has 0 radical (unpaired) electrons.